The number of esters is 1. The number of hydrogen-bond acceptors (Lipinski definition) is 7. The second-order valence-electron chi connectivity index (χ2n) is 6.59. The van der Waals surface area contributed by atoms with Crippen molar-refractivity contribution in [1.82, 2.24) is 9.88 Å². The van der Waals surface area contributed by atoms with E-state index in [1.165, 1.54) is 7.11 Å². The van der Waals surface area contributed by atoms with Gasteiger partial charge in [0.05, 0.1) is 32.6 Å². The molecule has 0 saturated carbocycles. The van der Waals surface area contributed by atoms with E-state index in [1.54, 1.807) is 20.3 Å². The van der Waals surface area contributed by atoms with Gasteiger partial charge in [0, 0.05) is 12.6 Å². The van der Waals surface area contributed by atoms with Gasteiger partial charge >= 0.3 is 5.97 Å². The van der Waals surface area contributed by atoms with Gasteiger partial charge in [0.25, 0.3) is 0 Å². The Bertz CT molecular complexity index is 802. The summed E-state index contributed by atoms with van der Waals surface area (Å²) in [5, 5.41) is 0. The molecule has 1 aromatic heterocycles. The van der Waals surface area contributed by atoms with Gasteiger partial charge in [-0.3, -0.25) is 9.69 Å². The molecule has 1 aliphatic rings. The Morgan fingerprint density at radius 3 is 2.78 bits per heavy atom. The lowest BCUT2D eigenvalue weighted by atomic mass is 10.0. The maximum atomic E-state index is 12.1. The van der Waals surface area contributed by atoms with Crippen molar-refractivity contribution in [2.45, 2.75) is 38.8 Å². The molecule has 3 rings (SSSR count). The van der Waals surface area contributed by atoms with Crippen molar-refractivity contribution >= 4 is 5.97 Å². The number of hydrogen-bond donors (Lipinski definition) is 0. The van der Waals surface area contributed by atoms with Crippen LogP contribution in [-0.4, -0.2) is 49.8 Å². The van der Waals surface area contributed by atoms with E-state index in [9.17, 15) is 4.79 Å². The van der Waals surface area contributed by atoms with Crippen LogP contribution in [0, 0.1) is 6.92 Å². The van der Waals surface area contributed by atoms with Crippen LogP contribution in [0.25, 0.3) is 11.5 Å². The fourth-order valence-corrected chi connectivity index (χ4v) is 3.44. The molecule has 0 spiro atoms. The number of likely N-dealkylation sites (tertiary alicyclic amines) is 1. The Morgan fingerprint density at radius 1 is 1.26 bits per heavy atom. The van der Waals surface area contributed by atoms with Gasteiger partial charge in [-0.15, -0.1) is 0 Å². The predicted molar refractivity (Wildman–Crippen MR) is 99.8 cm³/mol. The van der Waals surface area contributed by atoms with Crippen molar-refractivity contribution in [3.8, 4) is 23.0 Å². The molecule has 2 aromatic rings. The summed E-state index contributed by atoms with van der Waals surface area (Å²) in [6.07, 6.45) is 2.90. The third-order valence-electron chi connectivity index (χ3n) is 4.97. The lowest BCUT2D eigenvalue weighted by Crippen LogP contribution is -2.44. The molecule has 0 amide bonds. The normalized spacial score (nSPS) is 17.6. The fourth-order valence-electron chi connectivity index (χ4n) is 3.44. The summed E-state index contributed by atoms with van der Waals surface area (Å²) in [4.78, 5) is 18.9. The molecule has 1 fully saturated rings. The molecule has 1 saturated heterocycles. The molecule has 7 heteroatoms. The lowest BCUT2D eigenvalue weighted by molar-refractivity contribution is -0.148. The Hall–Kier alpha value is -2.54. The van der Waals surface area contributed by atoms with E-state index >= 15 is 0 Å². The zero-order chi connectivity index (χ0) is 19.4. The van der Waals surface area contributed by atoms with E-state index in [0.717, 1.165) is 42.8 Å². The third kappa shape index (κ3) is 4.08. The fraction of sp³-hybridized carbons (Fsp3) is 0.500. The molecular formula is C20H26N2O5. The van der Waals surface area contributed by atoms with Crippen molar-refractivity contribution < 1.29 is 23.4 Å². The van der Waals surface area contributed by atoms with Crippen LogP contribution < -0.4 is 9.47 Å². The third-order valence-corrected chi connectivity index (χ3v) is 4.97. The van der Waals surface area contributed by atoms with Crippen LogP contribution in [-0.2, 0) is 16.1 Å². The molecule has 0 bridgehead atoms. The van der Waals surface area contributed by atoms with Gasteiger partial charge in [-0.25, -0.2) is 4.98 Å². The van der Waals surface area contributed by atoms with Gasteiger partial charge in [0.15, 0.2) is 0 Å². The van der Waals surface area contributed by atoms with E-state index in [-0.39, 0.29) is 12.0 Å². The number of methoxy groups -OCH3 is 3. The molecule has 0 N–H and O–H groups in total. The van der Waals surface area contributed by atoms with Gasteiger partial charge in [-0.1, -0.05) is 6.42 Å². The Kier molecular flexibility index (Phi) is 6.01. The summed E-state index contributed by atoms with van der Waals surface area (Å²) >= 11 is 0. The van der Waals surface area contributed by atoms with E-state index < -0.39 is 0 Å². The Morgan fingerprint density at radius 2 is 2.07 bits per heavy atom. The number of piperidine rings is 1. The molecule has 1 atom stereocenters. The van der Waals surface area contributed by atoms with Crippen molar-refractivity contribution in [2.24, 2.45) is 0 Å². The molecule has 27 heavy (non-hydrogen) atoms. The Balaban J connectivity index is 1.85. The maximum Gasteiger partial charge on any atom is 0.323 e. The monoisotopic (exact) mass is 374 g/mol. The van der Waals surface area contributed by atoms with Crippen LogP contribution in [0.4, 0.5) is 0 Å². The molecule has 7 nitrogen and oxygen atoms in total. The maximum absolute atomic E-state index is 12.1. The first-order valence-electron chi connectivity index (χ1n) is 9.08. The number of ether oxygens (including phenoxy) is 3. The minimum absolute atomic E-state index is 0.187. The average Bonchev–Trinajstić information content (AvgIpc) is 3.07. The molecule has 146 valence electrons. The largest absolute Gasteiger partial charge is 0.497 e. The highest BCUT2D eigenvalue weighted by Crippen LogP contribution is 2.34. The van der Waals surface area contributed by atoms with Gasteiger partial charge in [-0.2, -0.15) is 0 Å². The number of oxazole rings is 1. The highest BCUT2D eigenvalue weighted by atomic mass is 16.5. The highest BCUT2D eigenvalue weighted by molar-refractivity contribution is 5.75. The molecular weight excluding hydrogens is 348 g/mol. The van der Waals surface area contributed by atoms with E-state index in [0.29, 0.717) is 23.9 Å². The van der Waals surface area contributed by atoms with Crippen LogP contribution >= 0.6 is 0 Å². The van der Waals surface area contributed by atoms with Crippen molar-refractivity contribution in [2.75, 3.05) is 27.9 Å². The minimum atomic E-state index is -0.223. The van der Waals surface area contributed by atoms with Crippen molar-refractivity contribution in [1.29, 1.82) is 0 Å². The number of benzene rings is 1. The summed E-state index contributed by atoms with van der Waals surface area (Å²) in [6.45, 7) is 3.28. The van der Waals surface area contributed by atoms with Gasteiger partial charge in [0.2, 0.25) is 5.89 Å². The number of aromatic nitrogens is 1. The predicted octanol–water partition coefficient (Wildman–Crippen LogP) is 3.19. The zero-order valence-corrected chi connectivity index (χ0v) is 16.3. The molecule has 2 heterocycles. The van der Waals surface area contributed by atoms with Crippen LogP contribution in [0.1, 0.15) is 30.7 Å². The number of nitrogens with zero attached hydrogens (tertiary/aromatic N) is 2. The summed E-state index contributed by atoms with van der Waals surface area (Å²) < 4.78 is 21.6. The van der Waals surface area contributed by atoms with Crippen LogP contribution in [0.3, 0.4) is 0 Å². The average molecular weight is 374 g/mol. The first-order chi connectivity index (χ1) is 13.1. The van der Waals surface area contributed by atoms with Gasteiger partial charge in [-0.05, 0) is 38.4 Å². The number of aryl methyl sites for hydroxylation is 1. The van der Waals surface area contributed by atoms with E-state index in [4.69, 9.17) is 18.6 Å². The second kappa shape index (κ2) is 8.43. The van der Waals surface area contributed by atoms with Crippen molar-refractivity contribution in [3.05, 3.63) is 29.7 Å². The van der Waals surface area contributed by atoms with Crippen molar-refractivity contribution in [3.63, 3.8) is 0 Å². The minimum Gasteiger partial charge on any atom is -0.497 e. The highest BCUT2D eigenvalue weighted by Gasteiger charge is 2.30. The molecule has 1 aliphatic heterocycles. The molecule has 0 radical (unpaired) electrons. The first kappa shape index (κ1) is 19.2. The number of rotatable bonds is 6. The van der Waals surface area contributed by atoms with Gasteiger partial charge in [0.1, 0.15) is 23.3 Å². The van der Waals surface area contributed by atoms with Crippen LogP contribution in [0.5, 0.6) is 11.5 Å². The number of carbonyl (C=O) groups excluding carboxylic acids is 1. The Labute approximate surface area is 159 Å². The number of carbonyl (C=O) groups is 1. The van der Waals surface area contributed by atoms with Crippen LogP contribution in [0.15, 0.2) is 22.6 Å². The zero-order valence-electron chi connectivity index (χ0n) is 16.3. The summed E-state index contributed by atoms with van der Waals surface area (Å²) in [6, 6.07) is 5.28. The quantitative estimate of drug-likeness (QED) is 0.719. The SMILES string of the molecule is COC(=O)[C@@H]1CCCCN1Cc1nc(-c2ccc(OC)cc2OC)oc1C. The summed E-state index contributed by atoms with van der Waals surface area (Å²) in [5.41, 5.74) is 1.58. The molecule has 0 aliphatic carbocycles. The summed E-state index contributed by atoms with van der Waals surface area (Å²) in [5.74, 6) is 2.37. The molecule has 1 aromatic carbocycles. The van der Waals surface area contributed by atoms with Crippen LogP contribution in [0.2, 0.25) is 0 Å². The second-order valence-corrected chi connectivity index (χ2v) is 6.59. The van der Waals surface area contributed by atoms with E-state index in [1.807, 2.05) is 19.1 Å². The standard InChI is InChI=1S/C20H26N2O5/c1-13-16(12-22-10-6-5-7-17(22)20(23)26-4)21-19(27-13)15-9-8-14(24-2)11-18(15)25-3/h8-9,11,17H,5-7,10,12H2,1-4H3/t17-/m0/s1. The summed E-state index contributed by atoms with van der Waals surface area (Å²) in [7, 11) is 4.65. The lowest BCUT2D eigenvalue weighted by Gasteiger charge is -2.33. The smallest absolute Gasteiger partial charge is 0.323 e. The van der Waals surface area contributed by atoms with Gasteiger partial charge < -0.3 is 18.6 Å². The topological polar surface area (TPSA) is 74.0 Å². The van der Waals surface area contributed by atoms with E-state index in [2.05, 4.69) is 9.88 Å². The molecule has 0 unspecified atom stereocenters. The first-order valence-corrected chi connectivity index (χ1v) is 9.08.